The lowest BCUT2D eigenvalue weighted by molar-refractivity contribution is -0.121. The summed E-state index contributed by atoms with van der Waals surface area (Å²) in [6.45, 7) is 1.94. The Hall–Kier alpha value is -2.16. The summed E-state index contributed by atoms with van der Waals surface area (Å²) in [6, 6.07) is 16.3. The zero-order chi connectivity index (χ0) is 14.4. The molecule has 3 heteroatoms. The third-order valence-corrected chi connectivity index (χ3v) is 3.26. The number of amides is 1. The lowest BCUT2D eigenvalue weighted by Gasteiger charge is -2.14. The van der Waals surface area contributed by atoms with E-state index < -0.39 is 0 Å². The fourth-order valence-corrected chi connectivity index (χ4v) is 2.09. The number of hydrogen-bond donors (Lipinski definition) is 1. The van der Waals surface area contributed by atoms with Crippen LogP contribution in [0.5, 0.6) is 0 Å². The lowest BCUT2D eigenvalue weighted by atomic mass is 10.1. The third kappa shape index (κ3) is 3.92. The molecule has 0 radical (unpaired) electrons. The molecule has 0 saturated heterocycles. The summed E-state index contributed by atoms with van der Waals surface area (Å²) < 4.78 is 13.4. The molecule has 0 fully saturated rings. The summed E-state index contributed by atoms with van der Waals surface area (Å²) in [5.41, 5.74) is 1.64. The summed E-state index contributed by atoms with van der Waals surface area (Å²) in [6.07, 6.45) is 0.706. The molecule has 0 saturated carbocycles. The molecule has 0 spiro atoms. The van der Waals surface area contributed by atoms with Crippen molar-refractivity contribution in [2.24, 2.45) is 0 Å². The monoisotopic (exact) mass is 271 g/mol. The fourth-order valence-electron chi connectivity index (χ4n) is 2.09. The van der Waals surface area contributed by atoms with Gasteiger partial charge in [-0.25, -0.2) is 4.39 Å². The molecule has 0 bridgehead atoms. The highest BCUT2D eigenvalue weighted by molar-refractivity contribution is 5.76. The van der Waals surface area contributed by atoms with E-state index in [1.165, 1.54) is 6.07 Å². The van der Waals surface area contributed by atoms with Crippen LogP contribution in [0.1, 0.15) is 30.5 Å². The Morgan fingerprint density at radius 3 is 2.45 bits per heavy atom. The maximum atomic E-state index is 13.4. The van der Waals surface area contributed by atoms with Crippen LogP contribution in [0.4, 0.5) is 4.39 Å². The van der Waals surface area contributed by atoms with E-state index in [0.29, 0.717) is 12.0 Å². The van der Waals surface area contributed by atoms with Crippen molar-refractivity contribution in [2.75, 3.05) is 0 Å². The molecule has 2 nitrogen and oxygen atoms in total. The van der Waals surface area contributed by atoms with Crippen LogP contribution in [0.3, 0.4) is 0 Å². The lowest BCUT2D eigenvalue weighted by Crippen LogP contribution is -2.26. The number of nitrogens with one attached hydrogen (secondary N) is 1. The van der Waals surface area contributed by atoms with Crippen molar-refractivity contribution < 1.29 is 9.18 Å². The predicted molar refractivity (Wildman–Crippen MR) is 77.7 cm³/mol. The Bertz CT molecular complexity index is 568. The molecule has 2 aromatic rings. The highest BCUT2D eigenvalue weighted by Crippen LogP contribution is 2.12. The van der Waals surface area contributed by atoms with Crippen molar-refractivity contribution in [3.63, 3.8) is 0 Å². The van der Waals surface area contributed by atoms with Crippen molar-refractivity contribution in [3.05, 3.63) is 71.5 Å². The number of hydrogen-bond acceptors (Lipinski definition) is 1. The number of benzene rings is 2. The Morgan fingerprint density at radius 2 is 1.75 bits per heavy atom. The SMILES string of the molecule is C[C@H](NC(=O)CCc1ccccc1F)c1ccccc1. The van der Waals surface area contributed by atoms with Crippen LogP contribution in [0.15, 0.2) is 54.6 Å². The second-order valence-electron chi connectivity index (χ2n) is 4.79. The van der Waals surface area contributed by atoms with E-state index in [0.717, 1.165) is 5.56 Å². The predicted octanol–water partition coefficient (Wildman–Crippen LogP) is 3.64. The summed E-state index contributed by atoms with van der Waals surface area (Å²) in [4.78, 5) is 11.9. The average molecular weight is 271 g/mol. The van der Waals surface area contributed by atoms with Crippen LogP contribution in [0.2, 0.25) is 0 Å². The first-order valence-corrected chi connectivity index (χ1v) is 6.74. The minimum absolute atomic E-state index is 0.0377. The van der Waals surface area contributed by atoms with E-state index in [2.05, 4.69) is 5.32 Å². The first-order valence-electron chi connectivity index (χ1n) is 6.74. The molecule has 0 aliphatic carbocycles. The molecule has 2 rings (SSSR count). The van der Waals surface area contributed by atoms with Crippen LogP contribution in [-0.2, 0) is 11.2 Å². The van der Waals surface area contributed by atoms with Crippen LogP contribution in [0.25, 0.3) is 0 Å². The first-order chi connectivity index (χ1) is 9.66. The quantitative estimate of drug-likeness (QED) is 0.884. The zero-order valence-corrected chi connectivity index (χ0v) is 11.5. The molecule has 0 aliphatic heterocycles. The summed E-state index contributed by atoms with van der Waals surface area (Å²) in [5.74, 6) is -0.319. The van der Waals surface area contributed by atoms with Gasteiger partial charge in [0.2, 0.25) is 5.91 Å². The number of carbonyl (C=O) groups is 1. The van der Waals surface area contributed by atoms with E-state index in [9.17, 15) is 9.18 Å². The molecule has 104 valence electrons. The van der Waals surface area contributed by atoms with Gasteiger partial charge in [-0.2, -0.15) is 0 Å². The van der Waals surface area contributed by atoms with E-state index >= 15 is 0 Å². The van der Waals surface area contributed by atoms with E-state index in [4.69, 9.17) is 0 Å². The Kier molecular flexibility index (Phi) is 4.88. The van der Waals surface area contributed by atoms with Crippen molar-refractivity contribution in [1.82, 2.24) is 5.32 Å². The highest BCUT2D eigenvalue weighted by atomic mass is 19.1. The van der Waals surface area contributed by atoms with E-state index in [1.807, 2.05) is 37.3 Å². The van der Waals surface area contributed by atoms with Gasteiger partial charge in [-0.15, -0.1) is 0 Å². The molecular weight excluding hydrogens is 253 g/mol. The Morgan fingerprint density at radius 1 is 1.10 bits per heavy atom. The van der Waals surface area contributed by atoms with Gasteiger partial charge >= 0.3 is 0 Å². The number of aryl methyl sites for hydroxylation is 1. The molecule has 2 aromatic carbocycles. The normalized spacial score (nSPS) is 11.9. The van der Waals surface area contributed by atoms with Crippen LogP contribution in [-0.4, -0.2) is 5.91 Å². The molecule has 1 amide bonds. The third-order valence-electron chi connectivity index (χ3n) is 3.26. The number of halogens is 1. The molecule has 0 heterocycles. The van der Waals surface area contributed by atoms with Crippen molar-refractivity contribution in [2.45, 2.75) is 25.8 Å². The molecule has 0 aromatic heterocycles. The van der Waals surface area contributed by atoms with Gasteiger partial charge in [-0.3, -0.25) is 4.79 Å². The highest BCUT2D eigenvalue weighted by Gasteiger charge is 2.10. The van der Waals surface area contributed by atoms with Gasteiger partial charge in [-0.05, 0) is 30.5 Å². The average Bonchev–Trinajstić information content (AvgIpc) is 2.47. The molecule has 1 N–H and O–H groups in total. The van der Waals surface area contributed by atoms with Gasteiger partial charge in [0, 0.05) is 6.42 Å². The number of rotatable bonds is 5. The second kappa shape index (κ2) is 6.85. The standard InChI is InChI=1S/C17H18FNO/c1-13(14-7-3-2-4-8-14)19-17(20)12-11-15-9-5-6-10-16(15)18/h2-10,13H,11-12H2,1H3,(H,19,20)/t13-/m0/s1. The van der Waals surface area contributed by atoms with Gasteiger partial charge in [0.15, 0.2) is 0 Å². The maximum absolute atomic E-state index is 13.4. The van der Waals surface area contributed by atoms with Gasteiger partial charge in [0.1, 0.15) is 5.82 Å². The van der Waals surface area contributed by atoms with Gasteiger partial charge < -0.3 is 5.32 Å². The first kappa shape index (κ1) is 14.3. The van der Waals surface area contributed by atoms with Gasteiger partial charge in [0.05, 0.1) is 6.04 Å². The minimum Gasteiger partial charge on any atom is -0.350 e. The van der Waals surface area contributed by atoms with Crippen LogP contribution in [0, 0.1) is 5.82 Å². The second-order valence-corrected chi connectivity index (χ2v) is 4.79. The van der Waals surface area contributed by atoms with Gasteiger partial charge in [0.25, 0.3) is 0 Å². The van der Waals surface area contributed by atoms with Crippen molar-refractivity contribution in [3.8, 4) is 0 Å². The molecule has 0 aliphatic rings. The molecule has 1 atom stereocenters. The van der Waals surface area contributed by atoms with E-state index in [1.54, 1.807) is 18.2 Å². The zero-order valence-electron chi connectivity index (χ0n) is 11.5. The molecule has 0 unspecified atom stereocenters. The Balaban J connectivity index is 1.86. The van der Waals surface area contributed by atoms with Crippen molar-refractivity contribution in [1.29, 1.82) is 0 Å². The molecular formula is C17H18FNO. The fraction of sp³-hybridized carbons (Fsp3) is 0.235. The largest absolute Gasteiger partial charge is 0.350 e. The summed E-state index contributed by atoms with van der Waals surface area (Å²) in [5, 5.41) is 2.92. The summed E-state index contributed by atoms with van der Waals surface area (Å²) in [7, 11) is 0. The molecule has 20 heavy (non-hydrogen) atoms. The van der Waals surface area contributed by atoms with Gasteiger partial charge in [-0.1, -0.05) is 48.5 Å². The smallest absolute Gasteiger partial charge is 0.220 e. The van der Waals surface area contributed by atoms with Crippen LogP contribution >= 0.6 is 0 Å². The summed E-state index contributed by atoms with van der Waals surface area (Å²) >= 11 is 0. The number of carbonyl (C=O) groups excluding carboxylic acids is 1. The Labute approximate surface area is 118 Å². The minimum atomic E-state index is -0.253. The van der Waals surface area contributed by atoms with Crippen LogP contribution < -0.4 is 5.32 Å². The maximum Gasteiger partial charge on any atom is 0.220 e. The topological polar surface area (TPSA) is 29.1 Å². The van der Waals surface area contributed by atoms with Crippen molar-refractivity contribution >= 4 is 5.91 Å². The van der Waals surface area contributed by atoms with E-state index in [-0.39, 0.29) is 24.2 Å².